The molecule has 15 nitrogen and oxygen atoms in total. The highest BCUT2D eigenvalue weighted by atomic mass is 19.4. The molecule has 1 spiro atoms. The number of urea groups is 1. The van der Waals surface area contributed by atoms with Gasteiger partial charge in [-0.1, -0.05) is 19.1 Å². The second-order valence-electron chi connectivity index (χ2n) is 15.6. The zero-order chi connectivity index (χ0) is 44.5. The quantitative estimate of drug-likeness (QED) is 0.139. The van der Waals surface area contributed by atoms with Crippen molar-refractivity contribution in [2.75, 3.05) is 46.2 Å². The summed E-state index contributed by atoms with van der Waals surface area (Å²) in [7, 11) is 4.96. The summed E-state index contributed by atoms with van der Waals surface area (Å²) in [5, 5.41) is 8.11. The molecule has 1 fully saturated rings. The fourth-order valence-corrected chi connectivity index (χ4v) is 9.05. The van der Waals surface area contributed by atoms with Gasteiger partial charge in [0.05, 0.1) is 32.0 Å². The minimum atomic E-state index is -4.81. The molecule has 0 radical (unpaired) electrons. The number of nitrogens with zero attached hydrogens (tertiary/aromatic N) is 4. The van der Waals surface area contributed by atoms with Gasteiger partial charge in [0.1, 0.15) is 17.6 Å². The molecule has 0 saturated carbocycles. The van der Waals surface area contributed by atoms with Crippen LogP contribution in [0.4, 0.5) is 28.4 Å². The molecule has 330 valence electrons. The van der Waals surface area contributed by atoms with E-state index < -0.39 is 36.4 Å². The van der Waals surface area contributed by atoms with Crippen LogP contribution in [0.25, 0.3) is 0 Å². The number of alkyl halides is 3. The topological polar surface area (TPSA) is 158 Å². The zero-order valence-corrected chi connectivity index (χ0v) is 35.1. The lowest BCUT2D eigenvalue weighted by Gasteiger charge is -2.56. The van der Waals surface area contributed by atoms with Gasteiger partial charge in [-0.3, -0.25) is 9.59 Å². The summed E-state index contributed by atoms with van der Waals surface area (Å²) < 4.78 is 68.7. The van der Waals surface area contributed by atoms with E-state index >= 15 is 0 Å². The fraction of sp³-hybridized carbons (Fsp3) is 0.432. The van der Waals surface area contributed by atoms with E-state index in [2.05, 4.69) is 39.2 Å². The Morgan fingerprint density at radius 2 is 1.69 bits per heavy atom. The van der Waals surface area contributed by atoms with E-state index in [0.717, 1.165) is 48.5 Å². The summed E-state index contributed by atoms with van der Waals surface area (Å²) in [6, 6.07) is 14.9. The van der Waals surface area contributed by atoms with E-state index in [0.29, 0.717) is 41.2 Å². The third kappa shape index (κ3) is 8.73. The van der Waals surface area contributed by atoms with Crippen molar-refractivity contribution in [1.29, 1.82) is 0 Å². The van der Waals surface area contributed by atoms with Crippen LogP contribution in [0.2, 0.25) is 0 Å². The lowest BCUT2D eigenvalue weighted by Crippen LogP contribution is -2.65. The van der Waals surface area contributed by atoms with Crippen LogP contribution in [-0.4, -0.2) is 116 Å². The number of anilines is 1. The van der Waals surface area contributed by atoms with E-state index in [9.17, 15) is 32.3 Å². The Balaban J connectivity index is 0.000000192. The fourth-order valence-electron chi connectivity index (χ4n) is 9.05. The van der Waals surface area contributed by atoms with Crippen LogP contribution in [0.3, 0.4) is 0 Å². The monoisotopic (exact) mass is 863 g/mol. The molecule has 5 aliphatic rings. The van der Waals surface area contributed by atoms with Crippen LogP contribution < -0.4 is 24.3 Å². The molecule has 3 aliphatic heterocycles. The number of halogens is 3. The van der Waals surface area contributed by atoms with Crippen LogP contribution >= 0.6 is 0 Å². The highest BCUT2D eigenvalue weighted by Gasteiger charge is 2.65. The molecule has 8 rings (SSSR count). The molecule has 3 aromatic rings. The van der Waals surface area contributed by atoms with E-state index in [-0.39, 0.29) is 41.6 Å². The summed E-state index contributed by atoms with van der Waals surface area (Å²) in [4.78, 5) is 52.0. The molecular weight excluding hydrogens is 816 g/mol. The molecule has 0 aromatic heterocycles. The van der Waals surface area contributed by atoms with Crippen molar-refractivity contribution in [3.63, 3.8) is 0 Å². The number of hydrogen-bond acceptors (Lipinski definition) is 12. The van der Waals surface area contributed by atoms with Crippen molar-refractivity contribution in [3.05, 3.63) is 89.5 Å². The molecule has 3 aromatic carbocycles. The predicted octanol–water partition coefficient (Wildman–Crippen LogP) is 6.68. The summed E-state index contributed by atoms with van der Waals surface area (Å²) in [6.45, 7) is 6.39. The van der Waals surface area contributed by atoms with E-state index in [1.807, 2.05) is 19.1 Å². The van der Waals surface area contributed by atoms with Crippen LogP contribution in [0.1, 0.15) is 50.3 Å². The van der Waals surface area contributed by atoms with Gasteiger partial charge in [-0.05, 0) is 99.1 Å². The Hall–Kier alpha value is -6.30. The molecule has 62 heavy (non-hydrogen) atoms. The van der Waals surface area contributed by atoms with E-state index in [1.54, 1.807) is 24.3 Å². The average Bonchev–Trinajstić information content (AvgIpc) is 3.83. The van der Waals surface area contributed by atoms with Gasteiger partial charge in [0.15, 0.2) is 17.6 Å². The van der Waals surface area contributed by atoms with Crippen molar-refractivity contribution in [1.82, 2.24) is 14.8 Å². The van der Waals surface area contributed by atoms with E-state index in [1.165, 1.54) is 50.6 Å². The minimum absolute atomic E-state index is 0.0378. The Labute approximate surface area is 356 Å². The number of benzene rings is 3. The van der Waals surface area contributed by atoms with Gasteiger partial charge >= 0.3 is 30.4 Å². The summed E-state index contributed by atoms with van der Waals surface area (Å²) in [5.41, 5.74) is 3.53. The van der Waals surface area contributed by atoms with Crippen molar-refractivity contribution in [2.45, 2.75) is 76.1 Å². The number of ether oxygens (including phenoxy) is 6. The van der Waals surface area contributed by atoms with Gasteiger partial charge in [-0.2, -0.15) is 5.10 Å². The maximum Gasteiger partial charge on any atom is 0.573 e. The summed E-state index contributed by atoms with van der Waals surface area (Å²) in [6.07, 6.45) is 0.756. The third-order valence-electron chi connectivity index (χ3n) is 11.7. The molecule has 3 heterocycles. The molecule has 3 amide bonds. The Morgan fingerprint density at radius 1 is 0.984 bits per heavy atom. The average molecular weight is 864 g/mol. The molecule has 2 aliphatic carbocycles. The Morgan fingerprint density at radius 3 is 2.34 bits per heavy atom. The number of hydrazone groups is 1. The normalized spacial score (nSPS) is 24.0. The zero-order valence-electron chi connectivity index (χ0n) is 35.1. The number of carbonyl (C=O) groups is 4. The van der Waals surface area contributed by atoms with Crippen LogP contribution in [0.5, 0.6) is 23.0 Å². The molecule has 1 unspecified atom stereocenters. The third-order valence-corrected chi connectivity index (χ3v) is 11.7. The van der Waals surface area contributed by atoms with Gasteiger partial charge in [-0.25, -0.2) is 14.6 Å². The number of rotatable bonds is 9. The summed E-state index contributed by atoms with van der Waals surface area (Å²) >= 11 is 0. The van der Waals surface area contributed by atoms with Crippen LogP contribution in [0, 0.1) is 5.92 Å². The lowest BCUT2D eigenvalue weighted by atomic mass is 9.53. The maximum absolute atomic E-state index is 12.8. The smallest absolute Gasteiger partial charge is 0.494 e. The number of nitrogens with one attached hydrogen (secondary N) is 1. The Bertz CT molecular complexity index is 2250. The molecule has 18 heteroatoms. The van der Waals surface area contributed by atoms with Gasteiger partial charge < -0.3 is 43.5 Å². The second kappa shape index (κ2) is 17.6. The molecule has 1 N–H and O–H groups in total. The van der Waals surface area contributed by atoms with Gasteiger partial charge in [0.25, 0.3) is 0 Å². The van der Waals surface area contributed by atoms with Crippen LogP contribution in [-0.2, 0) is 30.9 Å². The maximum atomic E-state index is 12.8. The van der Waals surface area contributed by atoms with Gasteiger partial charge in [0, 0.05) is 55.1 Å². The van der Waals surface area contributed by atoms with Crippen molar-refractivity contribution >= 4 is 35.5 Å². The number of methoxy groups -OCH3 is 1. The number of likely N-dealkylation sites (N-methyl/N-ethyl adjacent to an activating group) is 2. The highest BCUT2D eigenvalue weighted by Crippen LogP contribution is 2.62. The van der Waals surface area contributed by atoms with Crippen molar-refractivity contribution in [3.8, 4) is 23.0 Å². The minimum Gasteiger partial charge on any atom is -0.494 e. The van der Waals surface area contributed by atoms with Crippen LogP contribution in [0.15, 0.2) is 77.9 Å². The number of likely N-dealkylation sites (tertiary alicyclic amines) is 1. The first-order chi connectivity index (χ1) is 29.5. The number of carbonyl (C=O) groups excluding carboxylic acids is 4. The number of hydrogen-bond donors (Lipinski definition) is 1. The molecule has 2 bridgehead atoms. The first-order valence-corrected chi connectivity index (χ1v) is 20.2. The SMILES string of the molecule is CC(=O)Oc1ccc2c3c1O[C@H]1[C@@H](OC(C)=O)C=C[C@H]4[C@@H](C2)N(C)CC[C@@]341.CCCOc1ccc(C2=NN(C(=O)Nc3ccc(OC(F)(F)F)cc3)CC2N(C)C(=O)OC)cc1. The molecule has 6 atom stereocenters. The van der Waals surface area contributed by atoms with E-state index in [4.69, 9.17) is 23.7 Å². The lowest BCUT2D eigenvalue weighted by molar-refractivity contribution is -0.274. The second-order valence-corrected chi connectivity index (χ2v) is 15.6. The number of piperidine rings is 1. The number of esters is 2. The van der Waals surface area contributed by atoms with Gasteiger partial charge in [-0.15, -0.1) is 13.2 Å². The standard InChI is InChI=1S/C23H25F3N4O5.C21H23NO5/c1-4-13-34-17-9-5-15(6-10-17)20-19(29(2)22(32)33-3)14-30(28-20)21(31)27-16-7-11-18(12-8-16)35-23(24,25)26;1-11(23)25-16-6-4-13-10-15-14-5-7-17(26-12(2)24)20-21(14,8-9-22(15)3)18(13)19(16)27-20/h5-12,19H,4,13-14H2,1-3H3,(H,27,31);4-7,14-15,17,20H,8-10H2,1-3H3/t;14-,15+,17-,20-,21-/m.0/s1. The largest absolute Gasteiger partial charge is 0.573 e. The number of amides is 3. The summed E-state index contributed by atoms with van der Waals surface area (Å²) in [5.74, 6) is 0.978. The molecule has 1 saturated heterocycles. The van der Waals surface area contributed by atoms with Crippen molar-refractivity contribution in [2.24, 2.45) is 11.0 Å². The predicted molar refractivity (Wildman–Crippen MR) is 218 cm³/mol. The highest BCUT2D eigenvalue weighted by molar-refractivity contribution is 6.08. The van der Waals surface area contributed by atoms with Crippen molar-refractivity contribution < 1.29 is 60.8 Å². The first kappa shape index (κ1) is 43.8. The Kier molecular flexibility index (Phi) is 12.4. The first-order valence-electron chi connectivity index (χ1n) is 20.2. The van der Waals surface area contributed by atoms with Gasteiger partial charge in [0.2, 0.25) is 0 Å². The molecular formula is C44H48F3N5O10.